The summed E-state index contributed by atoms with van der Waals surface area (Å²) in [7, 11) is 0. The molecule has 0 bridgehead atoms. The summed E-state index contributed by atoms with van der Waals surface area (Å²) < 4.78 is 5.81. The first kappa shape index (κ1) is 12.4. The second-order valence-electron chi connectivity index (χ2n) is 5.20. The van der Waals surface area contributed by atoms with Gasteiger partial charge in [-0.3, -0.25) is 0 Å². The van der Waals surface area contributed by atoms with Gasteiger partial charge in [0.25, 0.3) is 0 Å². The molecule has 0 aromatic heterocycles. The highest BCUT2D eigenvalue weighted by Gasteiger charge is 2.19. The standard InChI is InChI=1S/C15H23NO/c1-11-8-13(3)15(9-12(11)2)17-7-6-16-10-14-4-5-14/h8-9,14,16H,4-7,10H2,1-3H3. The number of hydrogen-bond acceptors (Lipinski definition) is 2. The summed E-state index contributed by atoms with van der Waals surface area (Å²) in [6.45, 7) is 9.25. The predicted molar refractivity (Wildman–Crippen MR) is 71.7 cm³/mol. The van der Waals surface area contributed by atoms with Crippen molar-refractivity contribution in [2.24, 2.45) is 5.92 Å². The van der Waals surface area contributed by atoms with Gasteiger partial charge in [0.15, 0.2) is 0 Å². The molecule has 2 heteroatoms. The van der Waals surface area contributed by atoms with Crippen molar-refractivity contribution in [2.75, 3.05) is 19.7 Å². The lowest BCUT2D eigenvalue weighted by atomic mass is 10.1. The van der Waals surface area contributed by atoms with Crippen molar-refractivity contribution in [1.29, 1.82) is 0 Å². The number of benzene rings is 1. The molecule has 1 aliphatic rings. The molecule has 1 aromatic carbocycles. The molecule has 1 aliphatic carbocycles. The van der Waals surface area contributed by atoms with Crippen LogP contribution in [0.2, 0.25) is 0 Å². The van der Waals surface area contributed by atoms with Crippen LogP contribution in [0.4, 0.5) is 0 Å². The van der Waals surface area contributed by atoms with E-state index in [4.69, 9.17) is 4.74 Å². The first-order valence-corrected chi connectivity index (χ1v) is 6.58. The van der Waals surface area contributed by atoms with Gasteiger partial charge in [0.2, 0.25) is 0 Å². The van der Waals surface area contributed by atoms with Crippen molar-refractivity contribution < 1.29 is 4.74 Å². The van der Waals surface area contributed by atoms with E-state index in [1.165, 1.54) is 29.5 Å². The quantitative estimate of drug-likeness (QED) is 0.763. The third-order valence-corrected chi connectivity index (χ3v) is 3.46. The van der Waals surface area contributed by atoms with Crippen molar-refractivity contribution >= 4 is 0 Å². The van der Waals surface area contributed by atoms with E-state index in [1.54, 1.807) is 0 Å². The zero-order valence-corrected chi connectivity index (χ0v) is 11.2. The topological polar surface area (TPSA) is 21.3 Å². The highest BCUT2D eigenvalue weighted by molar-refractivity contribution is 5.40. The lowest BCUT2D eigenvalue weighted by Gasteiger charge is -2.12. The van der Waals surface area contributed by atoms with Crippen LogP contribution in [0.1, 0.15) is 29.5 Å². The van der Waals surface area contributed by atoms with E-state index in [0.717, 1.165) is 31.4 Å². The van der Waals surface area contributed by atoms with Gasteiger partial charge in [0, 0.05) is 6.54 Å². The van der Waals surface area contributed by atoms with Gasteiger partial charge < -0.3 is 10.1 Å². The molecule has 0 atom stereocenters. The normalized spacial score (nSPS) is 15.0. The van der Waals surface area contributed by atoms with Crippen LogP contribution < -0.4 is 10.1 Å². The van der Waals surface area contributed by atoms with Gasteiger partial charge in [0.1, 0.15) is 12.4 Å². The molecular formula is C15H23NO. The molecule has 17 heavy (non-hydrogen) atoms. The van der Waals surface area contributed by atoms with E-state index in [-0.39, 0.29) is 0 Å². The Morgan fingerprint density at radius 3 is 2.53 bits per heavy atom. The fourth-order valence-corrected chi connectivity index (χ4v) is 1.95. The Bertz CT molecular complexity index is 383. The molecular weight excluding hydrogens is 210 g/mol. The molecule has 0 heterocycles. The Labute approximate surface area is 104 Å². The molecule has 2 nitrogen and oxygen atoms in total. The van der Waals surface area contributed by atoms with Gasteiger partial charge in [-0.25, -0.2) is 0 Å². The SMILES string of the molecule is Cc1cc(C)c(OCCNCC2CC2)cc1C. The van der Waals surface area contributed by atoms with Crippen LogP contribution in [0.15, 0.2) is 12.1 Å². The van der Waals surface area contributed by atoms with E-state index >= 15 is 0 Å². The average Bonchev–Trinajstić information content (AvgIpc) is 3.08. The smallest absolute Gasteiger partial charge is 0.122 e. The Morgan fingerprint density at radius 1 is 1.12 bits per heavy atom. The minimum Gasteiger partial charge on any atom is -0.492 e. The maximum absolute atomic E-state index is 5.81. The summed E-state index contributed by atoms with van der Waals surface area (Å²) >= 11 is 0. The monoisotopic (exact) mass is 233 g/mol. The lowest BCUT2D eigenvalue weighted by Crippen LogP contribution is -2.23. The molecule has 0 unspecified atom stereocenters. The molecule has 94 valence electrons. The molecule has 0 aliphatic heterocycles. The molecule has 0 amide bonds. The summed E-state index contributed by atoms with van der Waals surface area (Å²) in [6, 6.07) is 4.34. The Morgan fingerprint density at radius 2 is 1.82 bits per heavy atom. The van der Waals surface area contributed by atoms with Crippen LogP contribution in [0.25, 0.3) is 0 Å². The highest BCUT2D eigenvalue weighted by Crippen LogP contribution is 2.27. The largest absolute Gasteiger partial charge is 0.492 e. The minimum atomic E-state index is 0.760. The van der Waals surface area contributed by atoms with Crippen molar-refractivity contribution in [3.8, 4) is 5.75 Å². The summed E-state index contributed by atoms with van der Waals surface area (Å²) in [5.74, 6) is 1.97. The van der Waals surface area contributed by atoms with E-state index in [2.05, 4.69) is 38.2 Å². The minimum absolute atomic E-state index is 0.760. The second kappa shape index (κ2) is 5.54. The highest BCUT2D eigenvalue weighted by atomic mass is 16.5. The molecule has 1 fully saturated rings. The van der Waals surface area contributed by atoms with Crippen LogP contribution in [0.3, 0.4) is 0 Å². The van der Waals surface area contributed by atoms with Gasteiger partial charge in [-0.2, -0.15) is 0 Å². The third-order valence-electron chi connectivity index (χ3n) is 3.46. The second-order valence-corrected chi connectivity index (χ2v) is 5.20. The van der Waals surface area contributed by atoms with E-state index in [9.17, 15) is 0 Å². The Kier molecular flexibility index (Phi) is 4.06. The summed E-state index contributed by atoms with van der Waals surface area (Å²) in [6.07, 6.45) is 2.81. The zero-order chi connectivity index (χ0) is 12.3. The summed E-state index contributed by atoms with van der Waals surface area (Å²) in [4.78, 5) is 0. The van der Waals surface area contributed by atoms with Gasteiger partial charge in [-0.05, 0) is 68.8 Å². The van der Waals surface area contributed by atoms with Crippen LogP contribution >= 0.6 is 0 Å². The lowest BCUT2D eigenvalue weighted by molar-refractivity contribution is 0.311. The van der Waals surface area contributed by atoms with Gasteiger partial charge in [-0.15, -0.1) is 0 Å². The molecule has 0 radical (unpaired) electrons. The first-order chi connectivity index (χ1) is 8.16. The molecule has 1 saturated carbocycles. The number of rotatable bonds is 6. The maximum Gasteiger partial charge on any atom is 0.122 e. The van der Waals surface area contributed by atoms with Gasteiger partial charge in [0.05, 0.1) is 0 Å². The van der Waals surface area contributed by atoms with Crippen molar-refractivity contribution in [3.63, 3.8) is 0 Å². The van der Waals surface area contributed by atoms with Crippen molar-refractivity contribution in [2.45, 2.75) is 33.6 Å². The number of aryl methyl sites for hydroxylation is 3. The van der Waals surface area contributed by atoms with Gasteiger partial charge >= 0.3 is 0 Å². The molecule has 2 rings (SSSR count). The van der Waals surface area contributed by atoms with Crippen molar-refractivity contribution in [3.05, 3.63) is 28.8 Å². The fraction of sp³-hybridized carbons (Fsp3) is 0.600. The van der Waals surface area contributed by atoms with Crippen LogP contribution in [0.5, 0.6) is 5.75 Å². The summed E-state index contributed by atoms with van der Waals surface area (Å²) in [5, 5.41) is 3.44. The fourth-order valence-electron chi connectivity index (χ4n) is 1.95. The molecule has 0 spiro atoms. The Hall–Kier alpha value is -1.02. The zero-order valence-electron chi connectivity index (χ0n) is 11.2. The number of hydrogen-bond donors (Lipinski definition) is 1. The molecule has 1 N–H and O–H groups in total. The van der Waals surface area contributed by atoms with Crippen LogP contribution in [-0.4, -0.2) is 19.7 Å². The summed E-state index contributed by atoms with van der Waals surface area (Å²) in [5.41, 5.74) is 3.87. The van der Waals surface area contributed by atoms with Gasteiger partial charge in [-0.1, -0.05) is 6.07 Å². The van der Waals surface area contributed by atoms with E-state index in [1.807, 2.05) is 0 Å². The third kappa shape index (κ3) is 3.74. The molecule has 1 aromatic rings. The Balaban J connectivity index is 1.75. The number of nitrogens with one attached hydrogen (secondary N) is 1. The van der Waals surface area contributed by atoms with Crippen LogP contribution in [-0.2, 0) is 0 Å². The number of ether oxygens (including phenoxy) is 1. The van der Waals surface area contributed by atoms with Crippen LogP contribution in [0, 0.1) is 26.7 Å². The predicted octanol–water partition coefficient (Wildman–Crippen LogP) is 2.99. The average molecular weight is 233 g/mol. The maximum atomic E-state index is 5.81. The van der Waals surface area contributed by atoms with E-state index < -0.39 is 0 Å². The van der Waals surface area contributed by atoms with E-state index in [0.29, 0.717) is 0 Å². The molecule has 0 saturated heterocycles. The first-order valence-electron chi connectivity index (χ1n) is 6.58. The van der Waals surface area contributed by atoms with Crippen molar-refractivity contribution in [1.82, 2.24) is 5.32 Å².